The molecule has 0 spiro atoms. The van der Waals surface area contributed by atoms with Gasteiger partial charge in [0.1, 0.15) is 5.67 Å². The van der Waals surface area contributed by atoms with Crippen molar-refractivity contribution >= 4 is 0 Å². The standard InChI is InChI=1S/C16H23FN2/c1-16(17,11-13-6-2-3-9-18-13)14-8-7-12-5-4-10-19-15(12)14/h4-5,10,13-14,18H,2-3,6-9,11H2,1H3. The summed E-state index contributed by atoms with van der Waals surface area (Å²) >= 11 is 0. The van der Waals surface area contributed by atoms with Crippen LogP contribution in [0.4, 0.5) is 4.39 Å². The maximum atomic E-state index is 15.2. The zero-order valence-electron chi connectivity index (χ0n) is 11.7. The second kappa shape index (κ2) is 5.20. The van der Waals surface area contributed by atoms with Gasteiger partial charge in [0.15, 0.2) is 0 Å². The molecule has 3 atom stereocenters. The van der Waals surface area contributed by atoms with E-state index in [4.69, 9.17) is 0 Å². The van der Waals surface area contributed by atoms with Gasteiger partial charge in [-0.2, -0.15) is 0 Å². The molecule has 104 valence electrons. The predicted octanol–water partition coefficient (Wildman–Crippen LogP) is 3.37. The molecule has 0 saturated carbocycles. The average molecular weight is 262 g/mol. The Balaban J connectivity index is 1.73. The monoisotopic (exact) mass is 262 g/mol. The van der Waals surface area contributed by atoms with Crippen LogP contribution in [0.2, 0.25) is 0 Å². The molecule has 19 heavy (non-hydrogen) atoms. The molecular weight excluding hydrogens is 239 g/mol. The van der Waals surface area contributed by atoms with Crippen molar-refractivity contribution in [2.24, 2.45) is 0 Å². The van der Waals surface area contributed by atoms with Gasteiger partial charge in [-0.1, -0.05) is 12.5 Å². The molecule has 1 aliphatic heterocycles. The van der Waals surface area contributed by atoms with E-state index in [9.17, 15) is 0 Å². The summed E-state index contributed by atoms with van der Waals surface area (Å²) < 4.78 is 15.2. The number of nitrogens with one attached hydrogen (secondary N) is 1. The van der Waals surface area contributed by atoms with Gasteiger partial charge >= 0.3 is 0 Å². The first kappa shape index (κ1) is 13.0. The summed E-state index contributed by atoms with van der Waals surface area (Å²) in [4.78, 5) is 4.44. The molecule has 0 amide bonds. The number of hydrogen-bond donors (Lipinski definition) is 1. The lowest BCUT2D eigenvalue weighted by molar-refractivity contribution is 0.109. The summed E-state index contributed by atoms with van der Waals surface area (Å²) in [5.41, 5.74) is 1.10. The Morgan fingerprint density at radius 1 is 1.42 bits per heavy atom. The summed E-state index contributed by atoms with van der Waals surface area (Å²) in [6, 6.07) is 4.40. The SMILES string of the molecule is CC(F)(CC1CCCCN1)C1CCc2cccnc21. The first-order chi connectivity index (χ1) is 9.17. The Kier molecular flexibility index (Phi) is 3.57. The summed E-state index contributed by atoms with van der Waals surface area (Å²) in [6.45, 7) is 2.82. The highest BCUT2D eigenvalue weighted by Crippen LogP contribution is 2.43. The molecule has 0 bridgehead atoms. The van der Waals surface area contributed by atoms with Gasteiger partial charge in [-0.3, -0.25) is 4.98 Å². The molecule has 1 aromatic rings. The van der Waals surface area contributed by atoms with Gasteiger partial charge in [0.05, 0.1) is 0 Å². The largest absolute Gasteiger partial charge is 0.314 e. The molecule has 3 heteroatoms. The van der Waals surface area contributed by atoms with Gasteiger partial charge in [-0.15, -0.1) is 0 Å². The molecule has 3 unspecified atom stereocenters. The number of rotatable bonds is 3. The number of nitrogens with zero attached hydrogens (tertiary/aromatic N) is 1. The lowest BCUT2D eigenvalue weighted by atomic mass is 9.82. The average Bonchev–Trinajstić information content (AvgIpc) is 2.84. The van der Waals surface area contributed by atoms with E-state index >= 15 is 4.39 Å². The zero-order chi connectivity index (χ0) is 13.3. The number of aryl methyl sites for hydroxylation is 1. The lowest BCUT2D eigenvalue weighted by Crippen LogP contribution is -2.41. The third-order valence-corrected chi connectivity index (χ3v) is 4.74. The van der Waals surface area contributed by atoms with Crippen LogP contribution in [0, 0.1) is 0 Å². The smallest absolute Gasteiger partial charge is 0.118 e. The van der Waals surface area contributed by atoms with E-state index in [1.807, 2.05) is 6.07 Å². The van der Waals surface area contributed by atoms with Crippen molar-refractivity contribution < 1.29 is 4.39 Å². The van der Waals surface area contributed by atoms with E-state index in [0.717, 1.165) is 31.5 Å². The molecule has 0 radical (unpaired) electrons. The van der Waals surface area contributed by atoms with Gasteiger partial charge in [-0.05, 0) is 57.2 Å². The number of halogens is 1. The maximum absolute atomic E-state index is 15.2. The van der Waals surface area contributed by atoms with Gasteiger partial charge in [0, 0.05) is 23.9 Å². The number of pyridine rings is 1. The van der Waals surface area contributed by atoms with Crippen molar-refractivity contribution in [3.8, 4) is 0 Å². The van der Waals surface area contributed by atoms with E-state index in [0.29, 0.717) is 12.5 Å². The van der Waals surface area contributed by atoms with Crippen LogP contribution < -0.4 is 5.32 Å². The van der Waals surface area contributed by atoms with Gasteiger partial charge in [0.25, 0.3) is 0 Å². The first-order valence-electron chi connectivity index (χ1n) is 7.53. The summed E-state index contributed by atoms with van der Waals surface area (Å²) in [5, 5.41) is 3.46. The fourth-order valence-corrected chi connectivity index (χ4v) is 3.72. The lowest BCUT2D eigenvalue weighted by Gasteiger charge is -2.33. The van der Waals surface area contributed by atoms with Crippen LogP contribution in [-0.4, -0.2) is 23.2 Å². The number of hydrogen-bond acceptors (Lipinski definition) is 2. The van der Waals surface area contributed by atoms with Crippen LogP contribution in [0.15, 0.2) is 18.3 Å². The van der Waals surface area contributed by atoms with Crippen LogP contribution in [0.5, 0.6) is 0 Å². The third kappa shape index (κ3) is 2.66. The molecule has 2 nitrogen and oxygen atoms in total. The molecule has 1 N–H and O–H groups in total. The number of piperidine rings is 1. The Bertz CT molecular complexity index is 438. The molecule has 1 aromatic heterocycles. The van der Waals surface area contributed by atoms with Crippen LogP contribution in [-0.2, 0) is 6.42 Å². The number of aromatic nitrogens is 1. The quantitative estimate of drug-likeness (QED) is 0.903. The number of alkyl halides is 1. The molecule has 3 rings (SSSR count). The summed E-state index contributed by atoms with van der Waals surface area (Å²) in [7, 11) is 0. The van der Waals surface area contributed by atoms with Crippen molar-refractivity contribution in [3.05, 3.63) is 29.6 Å². The summed E-state index contributed by atoms with van der Waals surface area (Å²) in [5.74, 6) is -0.0209. The van der Waals surface area contributed by atoms with E-state index in [1.165, 1.54) is 18.4 Å². The minimum Gasteiger partial charge on any atom is -0.314 e. The molecule has 1 saturated heterocycles. The maximum Gasteiger partial charge on any atom is 0.118 e. The highest BCUT2D eigenvalue weighted by Gasteiger charge is 2.41. The van der Waals surface area contributed by atoms with E-state index in [1.54, 1.807) is 13.1 Å². The van der Waals surface area contributed by atoms with Crippen molar-refractivity contribution in [2.45, 2.75) is 63.1 Å². The van der Waals surface area contributed by atoms with E-state index in [2.05, 4.69) is 16.4 Å². The fourth-order valence-electron chi connectivity index (χ4n) is 3.72. The second-order valence-corrected chi connectivity index (χ2v) is 6.27. The Labute approximate surface area is 114 Å². The predicted molar refractivity (Wildman–Crippen MR) is 75.1 cm³/mol. The Morgan fingerprint density at radius 3 is 3.11 bits per heavy atom. The minimum absolute atomic E-state index is 0.0209. The highest BCUT2D eigenvalue weighted by atomic mass is 19.1. The molecule has 0 aromatic carbocycles. The second-order valence-electron chi connectivity index (χ2n) is 6.27. The van der Waals surface area contributed by atoms with Crippen LogP contribution in [0.1, 0.15) is 56.2 Å². The highest BCUT2D eigenvalue weighted by molar-refractivity contribution is 5.31. The first-order valence-corrected chi connectivity index (χ1v) is 7.53. The molecule has 1 aliphatic carbocycles. The zero-order valence-corrected chi connectivity index (χ0v) is 11.7. The third-order valence-electron chi connectivity index (χ3n) is 4.74. The van der Waals surface area contributed by atoms with Crippen LogP contribution in [0.25, 0.3) is 0 Å². The normalized spacial score (nSPS) is 29.8. The van der Waals surface area contributed by atoms with Crippen molar-refractivity contribution in [1.29, 1.82) is 0 Å². The number of fused-ring (bicyclic) bond motifs is 1. The fraction of sp³-hybridized carbons (Fsp3) is 0.688. The summed E-state index contributed by atoms with van der Waals surface area (Å²) in [6.07, 6.45) is 7.87. The van der Waals surface area contributed by atoms with Crippen LogP contribution in [0.3, 0.4) is 0 Å². The van der Waals surface area contributed by atoms with Gasteiger partial charge < -0.3 is 5.32 Å². The minimum atomic E-state index is -1.14. The Hall–Kier alpha value is -0.960. The molecule has 1 fully saturated rings. The molecule has 2 heterocycles. The van der Waals surface area contributed by atoms with Gasteiger partial charge in [0.2, 0.25) is 0 Å². The van der Waals surface area contributed by atoms with Gasteiger partial charge in [-0.25, -0.2) is 4.39 Å². The van der Waals surface area contributed by atoms with E-state index < -0.39 is 5.67 Å². The van der Waals surface area contributed by atoms with Crippen molar-refractivity contribution in [3.63, 3.8) is 0 Å². The topological polar surface area (TPSA) is 24.9 Å². The molecular formula is C16H23FN2. The van der Waals surface area contributed by atoms with E-state index in [-0.39, 0.29) is 5.92 Å². The van der Waals surface area contributed by atoms with Crippen molar-refractivity contribution in [2.75, 3.05) is 6.54 Å². The van der Waals surface area contributed by atoms with Crippen molar-refractivity contribution in [1.82, 2.24) is 10.3 Å². The Morgan fingerprint density at radius 2 is 2.32 bits per heavy atom. The van der Waals surface area contributed by atoms with Crippen LogP contribution >= 0.6 is 0 Å². The molecule has 2 aliphatic rings.